The smallest absolute Gasteiger partial charge is 1.00 e. The van der Waals surface area contributed by atoms with Crippen molar-refractivity contribution in [3.05, 3.63) is 45.8 Å². The molecule has 0 N–H and O–H groups in total. The molecule has 0 unspecified atom stereocenters. The Morgan fingerprint density at radius 3 is 2.29 bits per heavy atom. The zero-order chi connectivity index (χ0) is 10.2. The van der Waals surface area contributed by atoms with Crippen molar-refractivity contribution < 1.29 is 54.6 Å². The minimum absolute atomic E-state index is 0. The van der Waals surface area contributed by atoms with Gasteiger partial charge in [-0.15, -0.1) is 0 Å². The molecule has 0 fully saturated rings. The standard InChI is InChI=1S/C13H15.3ClH.V/c1-13(2)9-5-8-12(10-13)11-6-3-4-7-11;;;;/h3,5-6,8-9H,4,10H2,1-2H3;3*1H;/q;;;;+3/p-3. The van der Waals surface area contributed by atoms with E-state index in [-0.39, 0.29) is 37.2 Å². The SMILES string of the molecule is CC1(C)C=CC=C(C2=[C]([V+3])CC=C2)C1.[Cl-].[Cl-].[Cl-]. The Kier molecular flexibility index (Phi) is 9.02. The van der Waals surface area contributed by atoms with E-state index in [9.17, 15) is 0 Å². The van der Waals surface area contributed by atoms with E-state index >= 15 is 0 Å². The van der Waals surface area contributed by atoms with E-state index in [1.165, 1.54) is 15.4 Å². The van der Waals surface area contributed by atoms with Gasteiger partial charge in [0.25, 0.3) is 0 Å². The predicted octanol–water partition coefficient (Wildman–Crippen LogP) is -5.33. The van der Waals surface area contributed by atoms with Crippen molar-refractivity contribution in [3.63, 3.8) is 0 Å². The van der Waals surface area contributed by atoms with Crippen molar-refractivity contribution in [1.29, 1.82) is 0 Å². The number of rotatable bonds is 1. The maximum Gasteiger partial charge on any atom is -1.00 e. The summed E-state index contributed by atoms with van der Waals surface area (Å²) < 4.78 is 1.45. The molecule has 4 heteroatoms. The molecule has 0 saturated heterocycles. The van der Waals surface area contributed by atoms with Gasteiger partial charge in [-0.05, 0) is 0 Å². The van der Waals surface area contributed by atoms with Gasteiger partial charge in [0.2, 0.25) is 0 Å². The average Bonchev–Trinajstić information content (AvgIpc) is 2.49. The third-order valence-corrected chi connectivity index (χ3v) is 3.40. The Bertz CT molecular complexity index is 376. The van der Waals surface area contributed by atoms with Gasteiger partial charge in [-0.25, -0.2) is 0 Å². The van der Waals surface area contributed by atoms with E-state index in [4.69, 9.17) is 0 Å². The number of hydrogen-bond acceptors (Lipinski definition) is 0. The van der Waals surface area contributed by atoms with Crippen molar-refractivity contribution in [2.45, 2.75) is 26.7 Å². The topological polar surface area (TPSA) is 0 Å². The van der Waals surface area contributed by atoms with Gasteiger partial charge in [0.1, 0.15) is 0 Å². The van der Waals surface area contributed by atoms with E-state index in [1.807, 2.05) is 0 Å². The minimum Gasteiger partial charge on any atom is -1.00 e. The van der Waals surface area contributed by atoms with Crippen LogP contribution in [0.5, 0.6) is 0 Å². The fourth-order valence-electron chi connectivity index (χ4n) is 2.01. The first-order chi connectivity index (χ1) is 6.58. The van der Waals surface area contributed by atoms with E-state index in [0.717, 1.165) is 12.8 Å². The Morgan fingerprint density at radius 1 is 1.18 bits per heavy atom. The van der Waals surface area contributed by atoms with Crippen LogP contribution in [0.4, 0.5) is 0 Å². The first-order valence-electron chi connectivity index (χ1n) is 5.06. The number of halogens is 3. The third-order valence-electron chi connectivity index (χ3n) is 2.74. The van der Waals surface area contributed by atoms with Crippen molar-refractivity contribution in [3.8, 4) is 0 Å². The first-order valence-corrected chi connectivity index (χ1v) is 5.76. The summed E-state index contributed by atoms with van der Waals surface area (Å²) in [5.74, 6) is 0. The summed E-state index contributed by atoms with van der Waals surface area (Å²) in [6, 6.07) is 0. The van der Waals surface area contributed by atoms with E-state index in [0.29, 0.717) is 5.41 Å². The summed E-state index contributed by atoms with van der Waals surface area (Å²) in [4.78, 5) is 0. The normalized spacial score (nSPS) is 20.1. The van der Waals surface area contributed by atoms with E-state index in [2.05, 4.69) is 61.7 Å². The zero-order valence-electron chi connectivity index (χ0n) is 9.88. The predicted molar refractivity (Wildman–Crippen MR) is 56.4 cm³/mol. The van der Waals surface area contributed by atoms with E-state index in [1.54, 1.807) is 0 Å². The summed E-state index contributed by atoms with van der Waals surface area (Å²) >= 11 is 2.70. The van der Waals surface area contributed by atoms with Gasteiger partial charge in [0.05, 0.1) is 0 Å². The van der Waals surface area contributed by atoms with Crippen LogP contribution >= 0.6 is 0 Å². The fraction of sp³-hybridized carbons (Fsp3) is 0.385. The Hall–Kier alpha value is 0.414. The molecule has 93 valence electrons. The molecule has 17 heavy (non-hydrogen) atoms. The van der Waals surface area contributed by atoms with Crippen LogP contribution in [-0.4, -0.2) is 0 Å². The monoisotopic (exact) mass is 327 g/mol. The van der Waals surface area contributed by atoms with Gasteiger partial charge in [-0.3, -0.25) is 0 Å². The molecule has 0 amide bonds. The van der Waals surface area contributed by atoms with Crippen LogP contribution < -0.4 is 37.2 Å². The number of allylic oxidation sites excluding steroid dienone is 8. The van der Waals surface area contributed by atoms with Gasteiger partial charge in [0.15, 0.2) is 0 Å². The van der Waals surface area contributed by atoms with Crippen LogP contribution in [0.25, 0.3) is 0 Å². The van der Waals surface area contributed by atoms with Crippen LogP contribution in [0.2, 0.25) is 0 Å². The number of hydrogen-bond donors (Lipinski definition) is 0. The molecule has 0 bridgehead atoms. The molecular weight excluding hydrogens is 313 g/mol. The van der Waals surface area contributed by atoms with E-state index < -0.39 is 0 Å². The third kappa shape index (κ3) is 4.89. The van der Waals surface area contributed by atoms with Crippen LogP contribution in [-0.2, 0) is 17.4 Å². The molecule has 0 heterocycles. The second-order valence-corrected chi connectivity index (χ2v) is 5.53. The van der Waals surface area contributed by atoms with Gasteiger partial charge in [-0.1, -0.05) is 0 Å². The molecule has 2 aliphatic rings. The molecule has 0 aliphatic heterocycles. The van der Waals surface area contributed by atoms with Crippen LogP contribution in [0.1, 0.15) is 26.7 Å². The van der Waals surface area contributed by atoms with Crippen molar-refractivity contribution in [2.75, 3.05) is 0 Å². The Labute approximate surface area is 132 Å². The molecule has 0 radical (unpaired) electrons. The zero-order valence-corrected chi connectivity index (χ0v) is 13.5. The fourth-order valence-corrected chi connectivity index (χ4v) is 2.51. The van der Waals surface area contributed by atoms with Gasteiger partial charge >= 0.3 is 95.3 Å². The molecule has 2 aliphatic carbocycles. The minimum atomic E-state index is 0. The second-order valence-electron chi connectivity index (χ2n) is 4.68. The van der Waals surface area contributed by atoms with Gasteiger partial charge < -0.3 is 37.2 Å². The molecule has 0 aromatic heterocycles. The molecular formula is C13H15Cl3V. The molecule has 0 aromatic carbocycles. The maximum absolute atomic E-state index is 2.70. The second kappa shape index (κ2) is 7.76. The Morgan fingerprint density at radius 2 is 1.82 bits per heavy atom. The summed E-state index contributed by atoms with van der Waals surface area (Å²) in [6.45, 7) is 4.58. The van der Waals surface area contributed by atoms with Crippen LogP contribution in [0.15, 0.2) is 45.8 Å². The molecule has 2 rings (SSSR count). The van der Waals surface area contributed by atoms with Gasteiger partial charge in [0, 0.05) is 0 Å². The summed E-state index contributed by atoms with van der Waals surface area (Å²) in [7, 11) is 0. The largest absolute Gasteiger partial charge is 1.00 e. The van der Waals surface area contributed by atoms with Crippen LogP contribution in [0.3, 0.4) is 0 Å². The quantitative estimate of drug-likeness (QED) is 0.451. The first kappa shape index (κ1) is 19.7. The molecule has 0 spiro atoms. The maximum atomic E-state index is 2.70. The molecule has 0 atom stereocenters. The molecule has 0 nitrogen and oxygen atoms in total. The summed E-state index contributed by atoms with van der Waals surface area (Å²) in [6.07, 6.45) is 13.5. The Balaban J connectivity index is 0. The van der Waals surface area contributed by atoms with Gasteiger partial charge in [-0.2, -0.15) is 0 Å². The average molecular weight is 329 g/mol. The van der Waals surface area contributed by atoms with Crippen LogP contribution in [0, 0.1) is 5.41 Å². The summed E-state index contributed by atoms with van der Waals surface area (Å²) in [5, 5.41) is 0. The van der Waals surface area contributed by atoms with Crippen molar-refractivity contribution in [1.82, 2.24) is 0 Å². The van der Waals surface area contributed by atoms with Crippen molar-refractivity contribution in [2.24, 2.45) is 5.41 Å². The molecule has 0 saturated carbocycles. The molecule has 0 aromatic rings. The van der Waals surface area contributed by atoms with Crippen molar-refractivity contribution >= 4 is 0 Å². The summed E-state index contributed by atoms with van der Waals surface area (Å²) in [5.41, 5.74) is 3.25.